The van der Waals surface area contributed by atoms with Crippen molar-refractivity contribution in [2.75, 3.05) is 12.4 Å². The van der Waals surface area contributed by atoms with Gasteiger partial charge in [0.1, 0.15) is 10.7 Å². The summed E-state index contributed by atoms with van der Waals surface area (Å²) in [7, 11) is 1.54. The minimum absolute atomic E-state index is 0.0840. The van der Waals surface area contributed by atoms with Crippen LogP contribution in [0, 0.1) is 0 Å². The summed E-state index contributed by atoms with van der Waals surface area (Å²) < 4.78 is 0. The number of nitrogens with one attached hydrogen (secondary N) is 1. The Balaban J connectivity index is 1.96. The number of hydrogen-bond acceptors (Lipinski definition) is 6. The molecule has 0 fully saturated rings. The van der Waals surface area contributed by atoms with E-state index >= 15 is 0 Å². The van der Waals surface area contributed by atoms with Crippen molar-refractivity contribution in [3.05, 3.63) is 5.01 Å². The van der Waals surface area contributed by atoms with Crippen molar-refractivity contribution < 1.29 is 9.59 Å². The van der Waals surface area contributed by atoms with E-state index in [2.05, 4.69) is 27.5 Å². The van der Waals surface area contributed by atoms with E-state index in [4.69, 9.17) is 0 Å². The summed E-state index contributed by atoms with van der Waals surface area (Å²) in [4.78, 5) is 23.3. The van der Waals surface area contributed by atoms with Crippen molar-refractivity contribution in [3.8, 4) is 0 Å². The summed E-state index contributed by atoms with van der Waals surface area (Å²) in [6.07, 6.45) is 3.69. The van der Waals surface area contributed by atoms with Crippen molar-refractivity contribution in [2.45, 2.75) is 39.0 Å². The van der Waals surface area contributed by atoms with Crippen molar-refractivity contribution in [1.82, 2.24) is 15.2 Å². The molecular weight excluding hydrogens is 278 g/mol. The highest BCUT2D eigenvalue weighted by atomic mass is 32.1. The van der Waals surface area contributed by atoms with Crippen LogP contribution in [0.25, 0.3) is 0 Å². The van der Waals surface area contributed by atoms with E-state index in [9.17, 15) is 9.59 Å². The van der Waals surface area contributed by atoms with Gasteiger partial charge >= 0.3 is 0 Å². The maximum atomic E-state index is 12.0. The van der Waals surface area contributed by atoms with Gasteiger partial charge in [-0.3, -0.25) is 14.9 Å². The van der Waals surface area contributed by atoms with Crippen LogP contribution in [-0.2, 0) is 16.0 Å². The number of carbonyl (C=O) groups excluding carboxylic acids is 2. The van der Waals surface area contributed by atoms with Gasteiger partial charge < -0.3 is 0 Å². The molecule has 1 aliphatic heterocycles. The lowest BCUT2D eigenvalue weighted by molar-refractivity contribution is -0.130. The molecule has 1 N–H and O–H groups in total. The second-order valence-corrected chi connectivity index (χ2v) is 5.58. The molecular formula is C12H17N5O2S. The molecule has 1 aromatic heterocycles. The van der Waals surface area contributed by atoms with Crippen LogP contribution in [0.5, 0.6) is 0 Å². The Morgan fingerprint density at radius 2 is 2.20 bits per heavy atom. The van der Waals surface area contributed by atoms with E-state index in [1.165, 1.54) is 16.3 Å². The highest BCUT2D eigenvalue weighted by molar-refractivity contribution is 7.15. The molecule has 0 unspecified atom stereocenters. The van der Waals surface area contributed by atoms with Crippen LogP contribution in [0.2, 0.25) is 0 Å². The van der Waals surface area contributed by atoms with E-state index in [0.29, 0.717) is 23.7 Å². The van der Waals surface area contributed by atoms with Crippen LogP contribution in [0.1, 0.15) is 37.6 Å². The zero-order valence-corrected chi connectivity index (χ0v) is 12.4. The number of hydrogen-bond donors (Lipinski definition) is 1. The molecule has 8 heteroatoms. The maximum absolute atomic E-state index is 12.0. The van der Waals surface area contributed by atoms with Crippen LogP contribution >= 0.6 is 11.3 Å². The number of hydrazone groups is 1. The van der Waals surface area contributed by atoms with Crippen LogP contribution in [0.4, 0.5) is 5.13 Å². The average Bonchev–Trinajstić information content (AvgIpc) is 2.87. The first kappa shape index (κ1) is 14.6. The summed E-state index contributed by atoms with van der Waals surface area (Å²) in [5, 5.41) is 17.2. The zero-order chi connectivity index (χ0) is 14.5. The lowest BCUT2D eigenvalue weighted by Gasteiger charge is -2.18. The number of anilines is 1. The predicted molar refractivity (Wildman–Crippen MR) is 76.6 cm³/mol. The minimum Gasteiger partial charge on any atom is -0.295 e. The Kier molecular flexibility index (Phi) is 4.78. The van der Waals surface area contributed by atoms with Gasteiger partial charge in [-0.1, -0.05) is 24.7 Å². The first-order chi connectivity index (χ1) is 9.60. The molecule has 0 saturated heterocycles. The molecule has 0 aromatic carbocycles. The van der Waals surface area contributed by atoms with Crippen molar-refractivity contribution in [1.29, 1.82) is 0 Å². The third kappa shape index (κ3) is 3.60. The molecule has 0 radical (unpaired) electrons. The van der Waals surface area contributed by atoms with E-state index in [0.717, 1.165) is 24.3 Å². The number of aromatic nitrogens is 2. The molecule has 20 heavy (non-hydrogen) atoms. The van der Waals surface area contributed by atoms with Gasteiger partial charge in [0.2, 0.25) is 11.0 Å². The topological polar surface area (TPSA) is 87.6 Å². The average molecular weight is 295 g/mol. The summed E-state index contributed by atoms with van der Waals surface area (Å²) in [5.74, 6) is -0.401. The van der Waals surface area contributed by atoms with Crippen molar-refractivity contribution in [3.63, 3.8) is 0 Å². The number of aryl methyl sites for hydroxylation is 1. The molecule has 0 aliphatic carbocycles. The second kappa shape index (κ2) is 6.56. The van der Waals surface area contributed by atoms with Gasteiger partial charge in [0.25, 0.3) is 5.91 Å². The smallest absolute Gasteiger partial charge is 0.273 e. The van der Waals surface area contributed by atoms with E-state index in [1.54, 1.807) is 7.05 Å². The predicted octanol–water partition coefficient (Wildman–Crippen LogP) is 1.43. The third-order valence-corrected chi connectivity index (χ3v) is 3.80. The highest BCUT2D eigenvalue weighted by Gasteiger charge is 2.22. The van der Waals surface area contributed by atoms with Crippen molar-refractivity contribution in [2.24, 2.45) is 5.10 Å². The van der Waals surface area contributed by atoms with Gasteiger partial charge in [-0.15, -0.1) is 10.2 Å². The molecule has 108 valence electrons. The minimum atomic E-state index is -0.317. The summed E-state index contributed by atoms with van der Waals surface area (Å²) in [6, 6.07) is 0. The van der Waals surface area contributed by atoms with Crippen LogP contribution in [-0.4, -0.2) is 39.8 Å². The van der Waals surface area contributed by atoms with Gasteiger partial charge in [-0.2, -0.15) is 5.10 Å². The highest BCUT2D eigenvalue weighted by Crippen LogP contribution is 2.18. The molecule has 2 rings (SSSR count). The summed E-state index contributed by atoms with van der Waals surface area (Å²) >= 11 is 1.38. The molecule has 0 bridgehead atoms. The molecule has 7 nitrogen and oxygen atoms in total. The Morgan fingerprint density at radius 1 is 1.40 bits per heavy atom. The van der Waals surface area contributed by atoms with Crippen LogP contribution in [0.15, 0.2) is 5.10 Å². The Morgan fingerprint density at radius 3 is 2.90 bits per heavy atom. The third-order valence-electron chi connectivity index (χ3n) is 2.90. The standard InChI is InChI=1S/C12H17N5O2S/c1-3-4-5-9-14-15-12(20-9)13-11(19)8-6-7-10(18)17(2)16-8/h3-7H2,1-2H3,(H,13,15,19). The molecule has 2 amide bonds. The van der Waals surface area contributed by atoms with Gasteiger partial charge in [0.15, 0.2) is 0 Å². The van der Waals surface area contributed by atoms with Crippen LogP contribution in [0.3, 0.4) is 0 Å². The van der Waals surface area contributed by atoms with E-state index in [1.807, 2.05) is 0 Å². The number of unbranched alkanes of at least 4 members (excludes halogenated alkanes) is 1. The second-order valence-electron chi connectivity index (χ2n) is 4.52. The van der Waals surface area contributed by atoms with E-state index in [-0.39, 0.29) is 11.8 Å². The molecule has 1 aromatic rings. The Hall–Kier alpha value is -1.83. The molecule has 0 spiro atoms. The normalized spacial score (nSPS) is 15.2. The quantitative estimate of drug-likeness (QED) is 0.890. The SMILES string of the molecule is CCCCc1nnc(NC(=O)C2=NN(C)C(=O)CC2)s1. The lowest BCUT2D eigenvalue weighted by Crippen LogP contribution is -2.34. The van der Waals surface area contributed by atoms with Gasteiger partial charge in [0, 0.05) is 26.3 Å². The molecule has 0 atom stereocenters. The molecule has 1 aliphatic rings. The zero-order valence-electron chi connectivity index (χ0n) is 11.5. The summed E-state index contributed by atoms with van der Waals surface area (Å²) in [5.41, 5.74) is 0.345. The first-order valence-electron chi connectivity index (χ1n) is 6.58. The Labute approximate surface area is 121 Å². The number of nitrogens with zero attached hydrogens (tertiary/aromatic N) is 4. The fourth-order valence-electron chi connectivity index (χ4n) is 1.74. The monoisotopic (exact) mass is 295 g/mol. The Bertz CT molecular complexity index is 540. The number of amides is 2. The largest absolute Gasteiger partial charge is 0.295 e. The first-order valence-corrected chi connectivity index (χ1v) is 7.39. The van der Waals surface area contributed by atoms with Crippen molar-refractivity contribution >= 4 is 34.0 Å². The van der Waals surface area contributed by atoms with Gasteiger partial charge in [0.05, 0.1) is 0 Å². The van der Waals surface area contributed by atoms with Gasteiger partial charge in [-0.05, 0) is 6.42 Å². The fourth-order valence-corrected chi connectivity index (χ4v) is 2.51. The lowest BCUT2D eigenvalue weighted by atomic mass is 10.1. The number of rotatable bonds is 5. The molecule has 0 saturated carbocycles. The van der Waals surface area contributed by atoms with E-state index < -0.39 is 0 Å². The summed E-state index contributed by atoms with van der Waals surface area (Å²) in [6.45, 7) is 2.11. The number of carbonyl (C=O) groups is 2. The van der Waals surface area contributed by atoms with Crippen LogP contribution < -0.4 is 5.32 Å². The maximum Gasteiger partial charge on any atom is 0.273 e. The fraction of sp³-hybridized carbons (Fsp3) is 0.583. The molecule has 2 heterocycles. The van der Waals surface area contributed by atoms with Gasteiger partial charge in [-0.25, -0.2) is 5.01 Å².